The predicted octanol–water partition coefficient (Wildman–Crippen LogP) is 2.53. The molecular formula is C20H29N3O. The number of anilines is 1. The molecule has 4 rings (SSSR count). The number of benzene rings is 1. The predicted molar refractivity (Wildman–Crippen MR) is 97.3 cm³/mol. The summed E-state index contributed by atoms with van der Waals surface area (Å²) in [4.78, 5) is 17.2. The van der Waals surface area contributed by atoms with Crippen molar-refractivity contribution in [1.82, 2.24) is 9.80 Å². The molecule has 3 aliphatic rings. The maximum absolute atomic E-state index is 12.4. The van der Waals surface area contributed by atoms with Crippen LogP contribution in [0.1, 0.15) is 36.8 Å². The van der Waals surface area contributed by atoms with Crippen LogP contribution in [0.3, 0.4) is 0 Å². The summed E-state index contributed by atoms with van der Waals surface area (Å²) in [6, 6.07) is 6.41. The first kappa shape index (κ1) is 16.1. The molecule has 2 saturated heterocycles. The van der Waals surface area contributed by atoms with E-state index in [0.717, 1.165) is 25.2 Å². The number of likely N-dealkylation sites (tertiary alicyclic amines) is 2. The van der Waals surface area contributed by atoms with E-state index in [2.05, 4.69) is 40.4 Å². The number of piperidine rings is 1. The minimum absolute atomic E-state index is 0.133. The van der Waals surface area contributed by atoms with Gasteiger partial charge in [-0.2, -0.15) is 0 Å². The number of hydrogen-bond donors (Lipinski definition) is 1. The van der Waals surface area contributed by atoms with Gasteiger partial charge in [-0.1, -0.05) is 6.07 Å². The van der Waals surface area contributed by atoms with Gasteiger partial charge in [-0.15, -0.1) is 0 Å². The molecule has 1 atom stereocenters. The molecule has 130 valence electrons. The number of rotatable bonds is 3. The summed E-state index contributed by atoms with van der Waals surface area (Å²) >= 11 is 0. The van der Waals surface area contributed by atoms with Crippen molar-refractivity contribution in [2.24, 2.45) is 5.41 Å². The van der Waals surface area contributed by atoms with E-state index < -0.39 is 0 Å². The summed E-state index contributed by atoms with van der Waals surface area (Å²) < 4.78 is 0. The normalized spacial score (nSPS) is 27.5. The van der Waals surface area contributed by atoms with E-state index in [0.29, 0.717) is 12.0 Å². The number of aryl methyl sites for hydroxylation is 2. The third kappa shape index (κ3) is 3.35. The quantitative estimate of drug-likeness (QED) is 0.927. The molecule has 1 unspecified atom stereocenters. The van der Waals surface area contributed by atoms with Gasteiger partial charge in [0.15, 0.2) is 0 Å². The highest BCUT2D eigenvalue weighted by molar-refractivity contribution is 5.92. The van der Waals surface area contributed by atoms with E-state index in [4.69, 9.17) is 0 Å². The Balaban J connectivity index is 1.32. The number of carbonyl (C=O) groups excluding carboxylic acids is 1. The second kappa shape index (κ2) is 6.49. The van der Waals surface area contributed by atoms with E-state index in [1.54, 1.807) is 0 Å². The van der Waals surface area contributed by atoms with Gasteiger partial charge in [0.05, 0.1) is 6.54 Å². The van der Waals surface area contributed by atoms with Crippen LogP contribution < -0.4 is 5.32 Å². The Hall–Kier alpha value is -1.39. The van der Waals surface area contributed by atoms with Crippen molar-refractivity contribution in [3.63, 3.8) is 0 Å². The lowest BCUT2D eigenvalue weighted by Crippen LogP contribution is -2.43. The van der Waals surface area contributed by atoms with Gasteiger partial charge in [0.1, 0.15) is 0 Å². The van der Waals surface area contributed by atoms with Gasteiger partial charge < -0.3 is 10.2 Å². The lowest BCUT2D eigenvalue weighted by atomic mass is 9.79. The average Bonchev–Trinajstić information content (AvgIpc) is 3.14. The van der Waals surface area contributed by atoms with Crippen LogP contribution in [0, 0.1) is 5.41 Å². The molecule has 2 heterocycles. The van der Waals surface area contributed by atoms with Crippen LogP contribution in [0.2, 0.25) is 0 Å². The molecule has 1 spiro atoms. The first-order valence-corrected chi connectivity index (χ1v) is 9.45. The molecule has 2 fully saturated rings. The van der Waals surface area contributed by atoms with Crippen molar-refractivity contribution in [2.75, 3.05) is 45.1 Å². The van der Waals surface area contributed by atoms with Gasteiger partial charge in [0.2, 0.25) is 5.91 Å². The second-order valence-corrected chi connectivity index (χ2v) is 8.19. The molecule has 0 bridgehead atoms. The molecule has 1 aromatic carbocycles. The Bertz CT molecular complexity index is 629. The van der Waals surface area contributed by atoms with Crippen molar-refractivity contribution in [2.45, 2.75) is 38.5 Å². The van der Waals surface area contributed by atoms with Gasteiger partial charge in [-0.25, -0.2) is 0 Å². The highest BCUT2D eigenvalue weighted by atomic mass is 16.2. The third-order valence-corrected chi connectivity index (χ3v) is 6.12. The molecule has 0 saturated carbocycles. The van der Waals surface area contributed by atoms with E-state index in [1.165, 1.54) is 56.3 Å². The molecule has 4 nitrogen and oxygen atoms in total. The Morgan fingerprint density at radius 1 is 1.12 bits per heavy atom. The maximum Gasteiger partial charge on any atom is 0.238 e. The van der Waals surface area contributed by atoms with Crippen LogP contribution in [0.15, 0.2) is 18.2 Å². The zero-order valence-corrected chi connectivity index (χ0v) is 14.8. The Labute approximate surface area is 145 Å². The molecule has 1 amide bonds. The molecule has 1 aliphatic carbocycles. The van der Waals surface area contributed by atoms with Gasteiger partial charge >= 0.3 is 0 Å². The average molecular weight is 327 g/mol. The summed E-state index contributed by atoms with van der Waals surface area (Å²) in [5.41, 5.74) is 4.27. The largest absolute Gasteiger partial charge is 0.325 e. The SMILES string of the molecule is CN1CCCC2(CCN(CC(=O)Nc3ccc4c(c3)CCC4)C2)C1. The smallest absolute Gasteiger partial charge is 0.238 e. The first-order valence-electron chi connectivity index (χ1n) is 9.45. The summed E-state index contributed by atoms with van der Waals surface area (Å²) in [5.74, 6) is 0.133. The molecule has 1 aromatic rings. The lowest BCUT2D eigenvalue weighted by Gasteiger charge is -2.38. The fraction of sp³-hybridized carbons (Fsp3) is 0.650. The highest BCUT2D eigenvalue weighted by Crippen LogP contribution is 2.38. The minimum Gasteiger partial charge on any atom is -0.325 e. The van der Waals surface area contributed by atoms with Gasteiger partial charge in [0.25, 0.3) is 0 Å². The van der Waals surface area contributed by atoms with E-state index in [1.807, 2.05) is 0 Å². The Morgan fingerprint density at radius 3 is 2.88 bits per heavy atom. The molecule has 0 aromatic heterocycles. The number of nitrogens with zero attached hydrogens (tertiary/aromatic N) is 2. The van der Waals surface area contributed by atoms with Crippen molar-refractivity contribution in [1.29, 1.82) is 0 Å². The van der Waals surface area contributed by atoms with Crippen LogP contribution in [0.4, 0.5) is 5.69 Å². The fourth-order valence-corrected chi connectivity index (χ4v) is 5.00. The topological polar surface area (TPSA) is 35.6 Å². The van der Waals surface area contributed by atoms with Crippen molar-refractivity contribution >= 4 is 11.6 Å². The number of carbonyl (C=O) groups is 1. The van der Waals surface area contributed by atoms with Crippen LogP contribution in [0.5, 0.6) is 0 Å². The van der Waals surface area contributed by atoms with E-state index in [-0.39, 0.29) is 5.91 Å². The van der Waals surface area contributed by atoms with Crippen LogP contribution in [0.25, 0.3) is 0 Å². The summed E-state index contributed by atoms with van der Waals surface area (Å²) in [6.07, 6.45) is 7.45. The van der Waals surface area contributed by atoms with Crippen molar-refractivity contribution in [3.8, 4) is 0 Å². The molecule has 0 radical (unpaired) electrons. The first-order chi connectivity index (χ1) is 11.6. The maximum atomic E-state index is 12.4. The summed E-state index contributed by atoms with van der Waals surface area (Å²) in [7, 11) is 2.23. The van der Waals surface area contributed by atoms with E-state index in [9.17, 15) is 4.79 Å². The number of nitrogens with one attached hydrogen (secondary N) is 1. The molecule has 2 aliphatic heterocycles. The lowest BCUT2D eigenvalue weighted by molar-refractivity contribution is -0.117. The number of amides is 1. The van der Waals surface area contributed by atoms with Gasteiger partial charge in [-0.05, 0) is 87.3 Å². The van der Waals surface area contributed by atoms with Crippen molar-refractivity contribution in [3.05, 3.63) is 29.3 Å². The minimum atomic E-state index is 0.133. The molecule has 4 heteroatoms. The zero-order chi connectivity index (χ0) is 16.6. The Kier molecular flexibility index (Phi) is 4.35. The van der Waals surface area contributed by atoms with E-state index >= 15 is 0 Å². The molecule has 24 heavy (non-hydrogen) atoms. The molecule has 1 N–H and O–H groups in total. The van der Waals surface area contributed by atoms with Crippen LogP contribution in [-0.2, 0) is 17.6 Å². The third-order valence-electron chi connectivity index (χ3n) is 6.12. The van der Waals surface area contributed by atoms with Crippen LogP contribution >= 0.6 is 0 Å². The fourth-order valence-electron chi connectivity index (χ4n) is 5.00. The van der Waals surface area contributed by atoms with Gasteiger partial charge in [0, 0.05) is 18.8 Å². The highest BCUT2D eigenvalue weighted by Gasteiger charge is 2.40. The molecular weight excluding hydrogens is 298 g/mol. The second-order valence-electron chi connectivity index (χ2n) is 8.19. The van der Waals surface area contributed by atoms with Gasteiger partial charge in [-0.3, -0.25) is 9.69 Å². The van der Waals surface area contributed by atoms with Crippen molar-refractivity contribution < 1.29 is 4.79 Å². The zero-order valence-electron chi connectivity index (χ0n) is 14.8. The summed E-state index contributed by atoms with van der Waals surface area (Å²) in [6.45, 7) is 5.08. The van der Waals surface area contributed by atoms with Crippen LogP contribution in [-0.4, -0.2) is 55.5 Å². The monoisotopic (exact) mass is 327 g/mol. The number of hydrogen-bond acceptors (Lipinski definition) is 3. The Morgan fingerprint density at radius 2 is 2.00 bits per heavy atom. The number of fused-ring (bicyclic) bond motifs is 1. The standard InChI is InChI=1S/C20H29N3O/c1-22-10-3-8-20(14-22)9-11-23(15-20)13-19(24)21-18-7-6-16-4-2-5-17(16)12-18/h6-7,12H,2-5,8-11,13-15H2,1H3,(H,21,24). The summed E-state index contributed by atoms with van der Waals surface area (Å²) in [5, 5.41) is 3.11.